The molecule has 1 rings (SSSR count). The molecule has 4 N–H and O–H groups in total. The number of aliphatic hydroxyl groups is 4. The van der Waals surface area contributed by atoms with Crippen LogP contribution >= 0.6 is 0 Å². The van der Waals surface area contributed by atoms with Gasteiger partial charge in [-0.3, -0.25) is 14.9 Å². The molecule has 0 aromatic heterocycles. The summed E-state index contributed by atoms with van der Waals surface area (Å²) < 4.78 is 0. The molecule has 8 nitrogen and oxygen atoms in total. The van der Waals surface area contributed by atoms with E-state index in [-0.39, 0.29) is 12.1 Å². The first-order valence-corrected chi connectivity index (χ1v) is 5.78. The zero-order valence-corrected chi connectivity index (χ0v) is 10.4. The highest BCUT2D eigenvalue weighted by molar-refractivity contribution is 5.85. The van der Waals surface area contributed by atoms with Crippen molar-refractivity contribution in [2.45, 2.75) is 24.7 Å². The standard InChI is InChI=1S/C12H15NO7/c14-6-10(16)12(18)11(17)9(15)5-7-1-3-8(4-2-7)13(19)20/h1-4,10-12,14,16-18H,5-6H2/t10-,11+,12-/m1/s1. The molecular weight excluding hydrogens is 270 g/mol. The van der Waals surface area contributed by atoms with E-state index in [4.69, 9.17) is 10.2 Å². The number of carbonyl (C=O) groups excluding carboxylic acids is 1. The third kappa shape index (κ3) is 4.07. The largest absolute Gasteiger partial charge is 0.394 e. The van der Waals surface area contributed by atoms with Crippen LogP contribution in [0.25, 0.3) is 0 Å². The maximum Gasteiger partial charge on any atom is 0.269 e. The Hall–Kier alpha value is -1.87. The summed E-state index contributed by atoms with van der Waals surface area (Å²) in [5.41, 5.74) is 0.294. The Morgan fingerprint density at radius 2 is 1.75 bits per heavy atom. The van der Waals surface area contributed by atoms with Gasteiger partial charge in [-0.1, -0.05) is 12.1 Å². The fourth-order valence-electron chi connectivity index (χ4n) is 1.55. The molecule has 20 heavy (non-hydrogen) atoms. The van der Waals surface area contributed by atoms with Crippen LogP contribution in [0.2, 0.25) is 0 Å². The summed E-state index contributed by atoms with van der Waals surface area (Å²) in [6, 6.07) is 5.15. The number of nitrogens with zero attached hydrogens (tertiary/aromatic N) is 1. The molecule has 0 saturated heterocycles. The predicted molar refractivity (Wildman–Crippen MR) is 66.9 cm³/mol. The second-order valence-electron chi connectivity index (χ2n) is 4.25. The molecule has 8 heteroatoms. The first-order valence-electron chi connectivity index (χ1n) is 5.78. The molecule has 1 aromatic rings. The molecule has 0 aliphatic carbocycles. The number of Topliss-reactive ketones (excluding diaryl/α,β-unsaturated/α-hetero) is 1. The van der Waals surface area contributed by atoms with Crippen LogP contribution in [-0.2, 0) is 11.2 Å². The van der Waals surface area contributed by atoms with Gasteiger partial charge in [0.15, 0.2) is 5.78 Å². The summed E-state index contributed by atoms with van der Waals surface area (Å²) in [5.74, 6) is -0.765. The van der Waals surface area contributed by atoms with Crippen LogP contribution in [0.3, 0.4) is 0 Å². The van der Waals surface area contributed by atoms with Crippen molar-refractivity contribution in [1.82, 2.24) is 0 Å². The van der Waals surface area contributed by atoms with Crippen LogP contribution in [0, 0.1) is 10.1 Å². The SMILES string of the molecule is O=C(Cc1ccc([N+](=O)[O-])cc1)[C@H](O)[C@H](O)[C@H](O)CO. The van der Waals surface area contributed by atoms with Crippen LogP contribution in [0.4, 0.5) is 5.69 Å². The van der Waals surface area contributed by atoms with Crippen molar-refractivity contribution in [2.75, 3.05) is 6.61 Å². The number of benzene rings is 1. The van der Waals surface area contributed by atoms with Crippen LogP contribution in [0.1, 0.15) is 5.56 Å². The third-order valence-corrected chi connectivity index (χ3v) is 2.76. The van der Waals surface area contributed by atoms with Crippen molar-refractivity contribution in [2.24, 2.45) is 0 Å². The number of hydrogen-bond donors (Lipinski definition) is 4. The molecule has 0 aliphatic heterocycles. The summed E-state index contributed by atoms with van der Waals surface area (Å²) in [5, 5.41) is 47.1. The Labute approximate surface area is 114 Å². The number of nitro groups is 1. The molecule has 0 bridgehead atoms. The normalized spacial score (nSPS) is 15.4. The Balaban J connectivity index is 2.68. The quantitative estimate of drug-likeness (QED) is 0.363. The van der Waals surface area contributed by atoms with Crippen molar-refractivity contribution < 1.29 is 30.1 Å². The number of non-ortho nitro benzene ring substituents is 1. The fourth-order valence-corrected chi connectivity index (χ4v) is 1.55. The van der Waals surface area contributed by atoms with Crippen molar-refractivity contribution in [3.63, 3.8) is 0 Å². The maximum absolute atomic E-state index is 11.7. The molecule has 0 unspecified atom stereocenters. The minimum atomic E-state index is -1.84. The van der Waals surface area contributed by atoms with E-state index in [1.165, 1.54) is 24.3 Å². The molecule has 0 aliphatic rings. The van der Waals surface area contributed by atoms with E-state index in [0.29, 0.717) is 5.56 Å². The van der Waals surface area contributed by atoms with Crippen molar-refractivity contribution in [3.8, 4) is 0 Å². The Morgan fingerprint density at radius 3 is 2.20 bits per heavy atom. The second kappa shape index (κ2) is 7.06. The number of ketones is 1. The molecule has 1 aromatic carbocycles. The highest BCUT2D eigenvalue weighted by Crippen LogP contribution is 2.13. The van der Waals surface area contributed by atoms with Gasteiger partial charge >= 0.3 is 0 Å². The minimum Gasteiger partial charge on any atom is -0.394 e. The van der Waals surface area contributed by atoms with E-state index < -0.39 is 35.6 Å². The number of hydrogen-bond acceptors (Lipinski definition) is 7. The lowest BCUT2D eigenvalue weighted by molar-refractivity contribution is -0.384. The van der Waals surface area contributed by atoms with Crippen LogP contribution in [0.15, 0.2) is 24.3 Å². The van der Waals surface area contributed by atoms with Crippen molar-refractivity contribution >= 4 is 11.5 Å². The summed E-state index contributed by atoms with van der Waals surface area (Å²) in [4.78, 5) is 21.5. The van der Waals surface area contributed by atoms with E-state index in [0.717, 1.165) is 0 Å². The molecule has 0 fully saturated rings. The van der Waals surface area contributed by atoms with E-state index >= 15 is 0 Å². The lowest BCUT2D eigenvalue weighted by Crippen LogP contribution is -2.44. The zero-order chi connectivity index (χ0) is 15.3. The van der Waals surface area contributed by atoms with Crippen molar-refractivity contribution in [3.05, 3.63) is 39.9 Å². The number of carbonyl (C=O) groups is 1. The molecule has 0 amide bonds. The Morgan fingerprint density at radius 1 is 1.20 bits per heavy atom. The highest BCUT2D eigenvalue weighted by Gasteiger charge is 2.29. The molecule has 0 spiro atoms. The van der Waals surface area contributed by atoms with Crippen LogP contribution in [0.5, 0.6) is 0 Å². The van der Waals surface area contributed by atoms with Gasteiger partial charge in [0, 0.05) is 18.6 Å². The average molecular weight is 285 g/mol. The lowest BCUT2D eigenvalue weighted by atomic mass is 9.99. The lowest BCUT2D eigenvalue weighted by Gasteiger charge is -2.20. The predicted octanol–water partition coefficient (Wildman–Crippen LogP) is -1.22. The minimum absolute atomic E-state index is 0.127. The van der Waals surface area contributed by atoms with Gasteiger partial charge in [0.2, 0.25) is 0 Å². The van der Waals surface area contributed by atoms with Gasteiger partial charge in [-0.15, -0.1) is 0 Å². The highest BCUT2D eigenvalue weighted by atomic mass is 16.6. The number of aliphatic hydroxyl groups excluding tert-OH is 4. The first kappa shape index (κ1) is 16.2. The molecule has 0 heterocycles. The first-order chi connectivity index (χ1) is 9.36. The van der Waals surface area contributed by atoms with E-state index in [9.17, 15) is 25.1 Å². The summed E-state index contributed by atoms with van der Waals surface area (Å²) >= 11 is 0. The maximum atomic E-state index is 11.7. The Kier molecular flexibility index (Phi) is 5.71. The molecule has 0 radical (unpaired) electrons. The van der Waals surface area contributed by atoms with Gasteiger partial charge in [0.25, 0.3) is 5.69 Å². The fraction of sp³-hybridized carbons (Fsp3) is 0.417. The van der Waals surface area contributed by atoms with Gasteiger partial charge in [0.05, 0.1) is 11.5 Å². The number of rotatable bonds is 7. The number of nitro benzene ring substituents is 1. The van der Waals surface area contributed by atoms with Crippen LogP contribution in [-0.4, -0.2) is 56.1 Å². The third-order valence-electron chi connectivity index (χ3n) is 2.76. The molecule has 3 atom stereocenters. The van der Waals surface area contributed by atoms with Crippen molar-refractivity contribution in [1.29, 1.82) is 0 Å². The average Bonchev–Trinajstić information content (AvgIpc) is 2.45. The van der Waals surface area contributed by atoms with Gasteiger partial charge in [-0.05, 0) is 5.56 Å². The van der Waals surface area contributed by atoms with Gasteiger partial charge in [-0.25, -0.2) is 0 Å². The summed E-state index contributed by atoms with van der Waals surface area (Å²) in [6.45, 7) is -0.789. The summed E-state index contributed by atoms with van der Waals surface area (Å²) in [7, 11) is 0. The second-order valence-corrected chi connectivity index (χ2v) is 4.25. The molecular formula is C12H15NO7. The topological polar surface area (TPSA) is 141 Å². The van der Waals surface area contributed by atoms with E-state index in [1.54, 1.807) is 0 Å². The summed E-state index contributed by atoms with van der Waals surface area (Å²) in [6.07, 6.45) is -5.50. The van der Waals surface area contributed by atoms with Gasteiger partial charge in [-0.2, -0.15) is 0 Å². The molecule has 110 valence electrons. The van der Waals surface area contributed by atoms with E-state index in [2.05, 4.69) is 0 Å². The van der Waals surface area contributed by atoms with Crippen LogP contribution < -0.4 is 0 Å². The molecule has 0 saturated carbocycles. The Bertz CT molecular complexity index is 473. The monoisotopic (exact) mass is 285 g/mol. The van der Waals surface area contributed by atoms with Gasteiger partial charge < -0.3 is 20.4 Å². The van der Waals surface area contributed by atoms with Gasteiger partial charge in [0.1, 0.15) is 18.3 Å². The van der Waals surface area contributed by atoms with E-state index in [1.807, 2.05) is 0 Å². The smallest absolute Gasteiger partial charge is 0.269 e. The zero-order valence-electron chi connectivity index (χ0n) is 10.4.